The Morgan fingerprint density at radius 2 is 1.75 bits per heavy atom. The van der Waals surface area contributed by atoms with Gasteiger partial charge in [-0.3, -0.25) is 14.4 Å². The zero-order valence-corrected chi connectivity index (χ0v) is 17.6. The third-order valence-electron chi connectivity index (χ3n) is 5.28. The number of amides is 2. The fourth-order valence-corrected chi connectivity index (χ4v) is 3.53. The van der Waals surface area contributed by atoms with Gasteiger partial charge in [0.25, 0.3) is 0 Å². The van der Waals surface area contributed by atoms with E-state index in [4.69, 9.17) is 0 Å². The van der Waals surface area contributed by atoms with E-state index in [1.165, 1.54) is 25.7 Å². The summed E-state index contributed by atoms with van der Waals surface area (Å²) in [6.45, 7) is 7.07. The van der Waals surface area contributed by atoms with Gasteiger partial charge in [-0.15, -0.1) is 0 Å². The first-order valence-electron chi connectivity index (χ1n) is 10.7. The minimum atomic E-state index is -0.0864. The van der Waals surface area contributed by atoms with Crippen molar-refractivity contribution in [1.82, 2.24) is 4.90 Å². The van der Waals surface area contributed by atoms with Crippen LogP contribution < -0.4 is 4.90 Å². The van der Waals surface area contributed by atoms with Crippen molar-refractivity contribution < 1.29 is 14.4 Å². The van der Waals surface area contributed by atoms with Crippen LogP contribution in [0.3, 0.4) is 0 Å². The summed E-state index contributed by atoms with van der Waals surface area (Å²) in [5, 5.41) is 0. The van der Waals surface area contributed by atoms with Crippen LogP contribution in [0, 0.1) is 5.92 Å². The number of ketones is 1. The summed E-state index contributed by atoms with van der Waals surface area (Å²) in [4.78, 5) is 40.6. The smallest absolute Gasteiger partial charge is 0.246 e. The van der Waals surface area contributed by atoms with Crippen LogP contribution in [0.4, 0.5) is 5.69 Å². The lowest BCUT2D eigenvalue weighted by Crippen LogP contribution is -2.52. The normalized spacial score (nSPS) is 14.6. The van der Waals surface area contributed by atoms with E-state index in [0.29, 0.717) is 25.1 Å². The number of carbonyl (C=O) groups excluding carboxylic acids is 3. The van der Waals surface area contributed by atoms with E-state index >= 15 is 0 Å². The second-order valence-electron chi connectivity index (χ2n) is 7.95. The molecule has 0 aliphatic carbocycles. The van der Waals surface area contributed by atoms with Crippen LogP contribution in [-0.2, 0) is 9.59 Å². The molecule has 2 rings (SSSR count). The number of benzene rings is 1. The highest BCUT2D eigenvalue weighted by Crippen LogP contribution is 2.21. The van der Waals surface area contributed by atoms with Crippen LogP contribution in [-0.4, -0.2) is 42.1 Å². The van der Waals surface area contributed by atoms with Crippen molar-refractivity contribution in [2.75, 3.05) is 24.5 Å². The molecule has 1 aromatic rings. The Morgan fingerprint density at radius 3 is 2.43 bits per heavy atom. The number of nitrogens with zero attached hydrogens (tertiary/aromatic N) is 2. The Balaban J connectivity index is 1.86. The average molecular weight is 387 g/mol. The molecule has 5 nitrogen and oxygen atoms in total. The van der Waals surface area contributed by atoms with Gasteiger partial charge in [0.1, 0.15) is 6.54 Å². The quantitative estimate of drug-likeness (QED) is 0.441. The minimum absolute atomic E-state index is 0.0713. The molecule has 1 fully saturated rings. The van der Waals surface area contributed by atoms with Crippen molar-refractivity contribution >= 4 is 23.3 Å². The van der Waals surface area contributed by atoms with E-state index in [0.717, 1.165) is 18.5 Å². The van der Waals surface area contributed by atoms with E-state index in [1.807, 2.05) is 26.0 Å². The lowest BCUT2D eigenvalue weighted by atomic mass is 10.0. The number of anilines is 1. The zero-order valence-electron chi connectivity index (χ0n) is 17.6. The average Bonchev–Trinajstić information content (AvgIpc) is 2.69. The molecule has 0 spiro atoms. The maximum absolute atomic E-state index is 12.6. The third kappa shape index (κ3) is 6.18. The molecule has 1 aromatic carbocycles. The molecule has 0 N–H and O–H groups in total. The van der Waals surface area contributed by atoms with Crippen molar-refractivity contribution in [3.8, 4) is 0 Å². The van der Waals surface area contributed by atoms with E-state index in [1.54, 1.807) is 21.9 Å². The Morgan fingerprint density at radius 1 is 1.04 bits per heavy atom. The SMILES string of the molecule is CCCCCCCCC(=O)N1CCN(c2cccc(C(=O)C(C)C)c2)C(=O)C1. The van der Waals surface area contributed by atoms with Gasteiger partial charge in [0.15, 0.2) is 5.78 Å². The number of rotatable bonds is 10. The standard InChI is InChI=1S/C23H34N2O3/c1-4-5-6-7-8-9-13-21(26)24-14-15-25(22(27)17-24)20-12-10-11-19(16-20)23(28)18(2)3/h10-12,16,18H,4-9,13-15,17H2,1-3H3. The molecule has 1 aliphatic rings. The third-order valence-corrected chi connectivity index (χ3v) is 5.28. The highest BCUT2D eigenvalue weighted by atomic mass is 16.2. The van der Waals surface area contributed by atoms with Gasteiger partial charge in [0.05, 0.1) is 0 Å². The molecule has 1 aliphatic heterocycles. The van der Waals surface area contributed by atoms with Crippen molar-refractivity contribution in [1.29, 1.82) is 0 Å². The monoisotopic (exact) mass is 386 g/mol. The summed E-state index contributed by atoms with van der Waals surface area (Å²) >= 11 is 0. The van der Waals surface area contributed by atoms with E-state index in [-0.39, 0.29) is 30.1 Å². The largest absolute Gasteiger partial charge is 0.332 e. The summed E-state index contributed by atoms with van der Waals surface area (Å²) in [7, 11) is 0. The first-order chi connectivity index (χ1) is 13.4. The fraction of sp³-hybridized carbons (Fsp3) is 0.609. The number of carbonyl (C=O) groups is 3. The fourth-order valence-electron chi connectivity index (χ4n) is 3.53. The maximum atomic E-state index is 12.6. The van der Waals surface area contributed by atoms with Crippen molar-refractivity contribution in [3.05, 3.63) is 29.8 Å². The van der Waals surface area contributed by atoms with Gasteiger partial charge in [-0.1, -0.05) is 65.0 Å². The van der Waals surface area contributed by atoms with Crippen LogP contribution in [0.2, 0.25) is 0 Å². The highest BCUT2D eigenvalue weighted by Gasteiger charge is 2.28. The Hall–Kier alpha value is -2.17. The summed E-state index contributed by atoms with van der Waals surface area (Å²) < 4.78 is 0. The predicted molar refractivity (Wildman–Crippen MR) is 113 cm³/mol. The molecule has 2 amide bonds. The van der Waals surface area contributed by atoms with E-state index in [2.05, 4.69) is 6.92 Å². The van der Waals surface area contributed by atoms with Gasteiger partial charge in [-0.05, 0) is 18.6 Å². The van der Waals surface area contributed by atoms with Gasteiger partial charge in [0.2, 0.25) is 11.8 Å². The maximum Gasteiger partial charge on any atom is 0.246 e. The highest BCUT2D eigenvalue weighted by molar-refractivity contribution is 6.01. The summed E-state index contributed by atoms with van der Waals surface area (Å²) in [6, 6.07) is 7.24. The van der Waals surface area contributed by atoms with Gasteiger partial charge < -0.3 is 9.80 Å². The molecule has 154 valence electrons. The lowest BCUT2D eigenvalue weighted by molar-refractivity contribution is -0.136. The molecule has 0 unspecified atom stereocenters. The second kappa shape index (κ2) is 11.0. The number of hydrogen-bond donors (Lipinski definition) is 0. The van der Waals surface area contributed by atoms with Gasteiger partial charge in [0, 0.05) is 36.7 Å². The molecule has 5 heteroatoms. The van der Waals surface area contributed by atoms with Crippen molar-refractivity contribution in [3.63, 3.8) is 0 Å². The Bertz CT molecular complexity index is 684. The predicted octanol–water partition coefficient (Wildman–Crippen LogP) is 4.45. The van der Waals surface area contributed by atoms with Crippen molar-refractivity contribution in [2.45, 2.75) is 65.7 Å². The van der Waals surface area contributed by atoms with Crippen LogP contribution in [0.25, 0.3) is 0 Å². The van der Waals surface area contributed by atoms with Crippen LogP contribution in [0.15, 0.2) is 24.3 Å². The van der Waals surface area contributed by atoms with Gasteiger partial charge in [-0.25, -0.2) is 0 Å². The minimum Gasteiger partial charge on any atom is -0.332 e. The molecule has 1 saturated heterocycles. The molecule has 28 heavy (non-hydrogen) atoms. The lowest BCUT2D eigenvalue weighted by Gasteiger charge is -2.34. The molecule has 0 saturated carbocycles. The van der Waals surface area contributed by atoms with Gasteiger partial charge >= 0.3 is 0 Å². The zero-order chi connectivity index (χ0) is 20.5. The molecule has 0 atom stereocenters. The molecular weight excluding hydrogens is 352 g/mol. The van der Waals surface area contributed by atoms with Crippen LogP contribution in [0.5, 0.6) is 0 Å². The summed E-state index contributed by atoms with van der Waals surface area (Å²) in [6.07, 6.45) is 7.40. The molecule has 1 heterocycles. The number of piperazine rings is 1. The Kier molecular flexibility index (Phi) is 8.68. The summed E-state index contributed by atoms with van der Waals surface area (Å²) in [5.74, 6) is -0.0200. The van der Waals surface area contributed by atoms with Crippen LogP contribution in [0.1, 0.15) is 76.1 Å². The Labute approximate surface area is 169 Å². The topological polar surface area (TPSA) is 57.7 Å². The van der Waals surface area contributed by atoms with Crippen molar-refractivity contribution in [2.24, 2.45) is 5.92 Å². The number of Topliss-reactive ketones (excluding diaryl/α,β-unsaturated/α-hetero) is 1. The number of unbranched alkanes of at least 4 members (excludes halogenated alkanes) is 5. The molecular formula is C23H34N2O3. The first kappa shape index (κ1) is 22.1. The first-order valence-corrected chi connectivity index (χ1v) is 10.7. The second-order valence-corrected chi connectivity index (χ2v) is 7.95. The molecule has 0 radical (unpaired) electrons. The molecule has 0 bridgehead atoms. The van der Waals surface area contributed by atoms with Crippen LogP contribution >= 0.6 is 0 Å². The summed E-state index contributed by atoms with van der Waals surface area (Å²) in [5.41, 5.74) is 1.36. The van der Waals surface area contributed by atoms with Gasteiger partial charge in [-0.2, -0.15) is 0 Å². The molecule has 0 aromatic heterocycles. The van der Waals surface area contributed by atoms with E-state index < -0.39 is 0 Å². The number of hydrogen-bond acceptors (Lipinski definition) is 3. The van der Waals surface area contributed by atoms with E-state index in [9.17, 15) is 14.4 Å².